The third-order valence-electron chi connectivity index (χ3n) is 3.77. The van der Waals surface area contributed by atoms with Crippen LogP contribution in [0.2, 0.25) is 0 Å². The second-order valence-corrected chi connectivity index (χ2v) is 5.09. The fourth-order valence-corrected chi connectivity index (χ4v) is 2.58. The summed E-state index contributed by atoms with van der Waals surface area (Å²) in [4.78, 5) is 2.34. The van der Waals surface area contributed by atoms with Gasteiger partial charge in [0.25, 0.3) is 0 Å². The third-order valence-corrected chi connectivity index (χ3v) is 3.77. The predicted molar refractivity (Wildman–Crippen MR) is 81.6 cm³/mol. The summed E-state index contributed by atoms with van der Waals surface area (Å²) < 4.78 is 13.4. The quantitative estimate of drug-likeness (QED) is 0.920. The number of rotatable bonds is 2. The molecule has 2 aromatic carbocycles. The normalized spacial score (nSPS) is 14.8. The fourth-order valence-electron chi connectivity index (χ4n) is 2.58. The molecule has 0 saturated carbocycles. The van der Waals surface area contributed by atoms with E-state index in [1.165, 1.54) is 11.8 Å². The first-order valence-electron chi connectivity index (χ1n) is 7.04. The number of benzene rings is 2. The molecular formula is C17H16FN3. The van der Waals surface area contributed by atoms with Crippen LogP contribution in [0.4, 0.5) is 10.1 Å². The van der Waals surface area contributed by atoms with Gasteiger partial charge in [0.15, 0.2) is 0 Å². The molecule has 1 aliphatic rings. The summed E-state index contributed by atoms with van der Waals surface area (Å²) in [5.41, 5.74) is 3.13. The maximum absolute atomic E-state index is 13.4. The fraction of sp³-hybridized carbons (Fsp3) is 0.235. The van der Waals surface area contributed by atoms with E-state index in [4.69, 9.17) is 5.26 Å². The Kier molecular flexibility index (Phi) is 3.85. The van der Waals surface area contributed by atoms with Crippen molar-refractivity contribution in [1.29, 1.82) is 5.26 Å². The van der Waals surface area contributed by atoms with Crippen LogP contribution in [0.15, 0.2) is 42.5 Å². The lowest BCUT2D eigenvalue weighted by Crippen LogP contribution is -2.43. The lowest BCUT2D eigenvalue weighted by atomic mass is 10.0. The Morgan fingerprint density at radius 2 is 1.67 bits per heavy atom. The van der Waals surface area contributed by atoms with Crippen molar-refractivity contribution in [3.05, 3.63) is 53.8 Å². The van der Waals surface area contributed by atoms with E-state index in [1.807, 2.05) is 18.2 Å². The number of anilines is 1. The molecule has 0 atom stereocenters. The average Bonchev–Trinajstić information content (AvgIpc) is 2.56. The Labute approximate surface area is 123 Å². The third kappa shape index (κ3) is 2.88. The van der Waals surface area contributed by atoms with Gasteiger partial charge in [-0.3, -0.25) is 0 Å². The summed E-state index contributed by atoms with van der Waals surface area (Å²) in [6, 6.07) is 14.7. The lowest BCUT2D eigenvalue weighted by Gasteiger charge is -2.29. The van der Waals surface area contributed by atoms with Crippen LogP contribution in [0.25, 0.3) is 11.1 Å². The molecule has 1 N–H and O–H groups in total. The van der Waals surface area contributed by atoms with Crippen LogP contribution in [-0.4, -0.2) is 26.2 Å². The van der Waals surface area contributed by atoms with Gasteiger partial charge < -0.3 is 10.2 Å². The van der Waals surface area contributed by atoms with E-state index < -0.39 is 5.82 Å². The van der Waals surface area contributed by atoms with Crippen molar-refractivity contribution in [2.24, 2.45) is 0 Å². The van der Waals surface area contributed by atoms with E-state index in [0.717, 1.165) is 37.3 Å². The summed E-state index contributed by atoms with van der Waals surface area (Å²) in [6.45, 7) is 4.03. The zero-order chi connectivity index (χ0) is 14.7. The summed E-state index contributed by atoms with van der Waals surface area (Å²) in [5.74, 6) is -0.473. The van der Waals surface area contributed by atoms with Crippen LogP contribution in [0.3, 0.4) is 0 Å². The van der Waals surface area contributed by atoms with Gasteiger partial charge in [0.1, 0.15) is 11.9 Å². The van der Waals surface area contributed by atoms with Crippen LogP contribution in [0.1, 0.15) is 5.56 Å². The largest absolute Gasteiger partial charge is 0.369 e. The number of nitriles is 1. The molecule has 0 aromatic heterocycles. The van der Waals surface area contributed by atoms with Gasteiger partial charge in [-0.25, -0.2) is 4.39 Å². The summed E-state index contributed by atoms with van der Waals surface area (Å²) >= 11 is 0. The second-order valence-electron chi connectivity index (χ2n) is 5.09. The van der Waals surface area contributed by atoms with Gasteiger partial charge in [-0.2, -0.15) is 5.26 Å². The topological polar surface area (TPSA) is 39.1 Å². The molecule has 1 heterocycles. The highest BCUT2D eigenvalue weighted by molar-refractivity contribution is 5.68. The molecule has 1 saturated heterocycles. The van der Waals surface area contributed by atoms with Crippen molar-refractivity contribution in [2.45, 2.75) is 0 Å². The van der Waals surface area contributed by atoms with Gasteiger partial charge in [0.05, 0.1) is 5.56 Å². The standard InChI is InChI=1S/C17H16FN3/c18-17-6-3-14(11-15(17)12-19)13-1-4-16(5-2-13)21-9-7-20-8-10-21/h1-6,11,20H,7-10H2. The Morgan fingerprint density at radius 1 is 1.00 bits per heavy atom. The van der Waals surface area contributed by atoms with Gasteiger partial charge in [0.2, 0.25) is 0 Å². The molecule has 21 heavy (non-hydrogen) atoms. The molecule has 0 radical (unpaired) electrons. The molecule has 1 fully saturated rings. The van der Waals surface area contributed by atoms with Gasteiger partial charge in [0, 0.05) is 31.9 Å². The van der Waals surface area contributed by atoms with E-state index in [1.54, 1.807) is 12.1 Å². The minimum atomic E-state index is -0.473. The second kappa shape index (κ2) is 5.94. The minimum absolute atomic E-state index is 0.0821. The molecule has 3 rings (SSSR count). The Hall–Kier alpha value is -2.38. The van der Waals surface area contributed by atoms with Gasteiger partial charge >= 0.3 is 0 Å². The van der Waals surface area contributed by atoms with Crippen molar-refractivity contribution < 1.29 is 4.39 Å². The zero-order valence-electron chi connectivity index (χ0n) is 11.6. The molecule has 4 heteroatoms. The van der Waals surface area contributed by atoms with Crippen LogP contribution >= 0.6 is 0 Å². The Balaban J connectivity index is 1.85. The molecule has 0 unspecified atom stereocenters. The van der Waals surface area contributed by atoms with E-state index in [9.17, 15) is 4.39 Å². The predicted octanol–water partition coefficient (Wildman–Crippen LogP) is 2.77. The molecule has 0 bridgehead atoms. The average molecular weight is 281 g/mol. The molecule has 0 aliphatic carbocycles. The number of halogens is 1. The van der Waals surface area contributed by atoms with Gasteiger partial charge in [-0.15, -0.1) is 0 Å². The molecule has 0 amide bonds. The summed E-state index contributed by atoms with van der Waals surface area (Å²) in [7, 11) is 0. The lowest BCUT2D eigenvalue weighted by molar-refractivity contribution is 0.589. The Morgan fingerprint density at radius 3 is 2.33 bits per heavy atom. The molecule has 0 spiro atoms. The number of piperazine rings is 1. The Bertz CT molecular complexity index is 667. The maximum atomic E-state index is 13.4. The van der Waals surface area contributed by atoms with E-state index >= 15 is 0 Å². The highest BCUT2D eigenvalue weighted by Gasteiger charge is 2.10. The highest BCUT2D eigenvalue weighted by atomic mass is 19.1. The number of hydrogen-bond acceptors (Lipinski definition) is 3. The van der Waals surface area contributed by atoms with Crippen molar-refractivity contribution >= 4 is 5.69 Å². The van der Waals surface area contributed by atoms with Crippen molar-refractivity contribution in [3.63, 3.8) is 0 Å². The number of hydrogen-bond donors (Lipinski definition) is 1. The van der Waals surface area contributed by atoms with E-state index in [0.29, 0.717) is 0 Å². The maximum Gasteiger partial charge on any atom is 0.140 e. The molecule has 3 nitrogen and oxygen atoms in total. The SMILES string of the molecule is N#Cc1cc(-c2ccc(N3CCNCC3)cc2)ccc1F. The zero-order valence-corrected chi connectivity index (χ0v) is 11.6. The number of nitrogens with one attached hydrogen (secondary N) is 1. The monoisotopic (exact) mass is 281 g/mol. The molecule has 106 valence electrons. The van der Waals surface area contributed by atoms with Crippen LogP contribution in [0.5, 0.6) is 0 Å². The van der Waals surface area contributed by atoms with Gasteiger partial charge in [-0.1, -0.05) is 18.2 Å². The first kappa shape index (κ1) is 13.6. The van der Waals surface area contributed by atoms with E-state index in [2.05, 4.69) is 22.3 Å². The summed E-state index contributed by atoms with van der Waals surface area (Å²) in [6.07, 6.45) is 0. The van der Waals surface area contributed by atoms with Gasteiger partial charge in [-0.05, 0) is 35.4 Å². The number of nitrogens with zero attached hydrogens (tertiary/aromatic N) is 2. The van der Waals surface area contributed by atoms with Crippen molar-refractivity contribution in [3.8, 4) is 17.2 Å². The van der Waals surface area contributed by atoms with Crippen LogP contribution < -0.4 is 10.2 Å². The first-order chi connectivity index (χ1) is 10.3. The van der Waals surface area contributed by atoms with Crippen LogP contribution in [-0.2, 0) is 0 Å². The van der Waals surface area contributed by atoms with E-state index in [-0.39, 0.29) is 5.56 Å². The highest BCUT2D eigenvalue weighted by Crippen LogP contribution is 2.25. The van der Waals surface area contributed by atoms with Crippen LogP contribution in [0, 0.1) is 17.1 Å². The molecule has 2 aromatic rings. The minimum Gasteiger partial charge on any atom is -0.369 e. The van der Waals surface area contributed by atoms with Crippen molar-refractivity contribution in [2.75, 3.05) is 31.1 Å². The molecule has 1 aliphatic heterocycles. The molecular weight excluding hydrogens is 265 g/mol. The smallest absolute Gasteiger partial charge is 0.140 e. The summed E-state index contributed by atoms with van der Waals surface area (Å²) in [5, 5.41) is 12.2. The first-order valence-corrected chi connectivity index (χ1v) is 7.04. The van der Waals surface area contributed by atoms with Crippen molar-refractivity contribution in [1.82, 2.24) is 5.32 Å².